The van der Waals surface area contributed by atoms with E-state index in [1.165, 1.54) is 32.1 Å². The lowest BCUT2D eigenvalue weighted by molar-refractivity contribution is -0.181. The molecule has 0 aliphatic heterocycles. The molecule has 1 fully saturated rings. The minimum atomic E-state index is -0.432. The molecule has 0 aromatic rings. The van der Waals surface area contributed by atoms with Crippen LogP contribution in [0.15, 0.2) is 0 Å². The van der Waals surface area contributed by atoms with Crippen molar-refractivity contribution in [3.8, 4) is 0 Å². The van der Waals surface area contributed by atoms with Crippen LogP contribution >= 0.6 is 0 Å². The van der Waals surface area contributed by atoms with Crippen molar-refractivity contribution < 1.29 is 9.53 Å². The zero-order valence-electron chi connectivity index (χ0n) is 17.8. The maximum Gasteiger partial charge on any atom is 0.312 e. The summed E-state index contributed by atoms with van der Waals surface area (Å²) in [5.41, 5.74) is -0.683. The standard InChI is InChI=1S/C22H42O2/c1-16(2)17(3)22(9,15-20(4,5)6)19(23)24-21(7,8)18-13-11-10-12-14-18/h16-18H,10-15H2,1-9H3. The second kappa shape index (κ2) is 7.79. The van der Waals surface area contributed by atoms with Gasteiger partial charge in [0.2, 0.25) is 0 Å². The molecule has 1 aliphatic carbocycles. The number of esters is 1. The number of rotatable bonds is 6. The maximum absolute atomic E-state index is 13.3. The zero-order valence-corrected chi connectivity index (χ0v) is 17.8. The monoisotopic (exact) mass is 338 g/mol. The van der Waals surface area contributed by atoms with Crippen LogP contribution in [0.3, 0.4) is 0 Å². The predicted octanol–water partition coefficient (Wildman–Crippen LogP) is 6.62. The highest BCUT2D eigenvalue weighted by Crippen LogP contribution is 2.45. The van der Waals surface area contributed by atoms with Gasteiger partial charge in [-0.3, -0.25) is 4.79 Å². The van der Waals surface area contributed by atoms with Crippen LogP contribution < -0.4 is 0 Å². The van der Waals surface area contributed by atoms with Gasteiger partial charge in [-0.05, 0) is 63.2 Å². The van der Waals surface area contributed by atoms with Crippen LogP contribution in [-0.2, 0) is 9.53 Å². The van der Waals surface area contributed by atoms with Crippen LogP contribution in [0.5, 0.6) is 0 Å². The van der Waals surface area contributed by atoms with Crippen LogP contribution in [0.1, 0.15) is 101 Å². The van der Waals surface area contributed by atoms with Crippen LogP contribution in [0.4, 0.5) is 0 Å². The quantitative estimate of drug-likeness (QED) is 0.508. The largest absolute Gasteiger partial charge is 0.459 e. The third-order valence-corrected chi connectivity index (χ3v) is 6.31. The second-order valence-corrected chi connectivity index (χ2v) is 10.5. The van der Waals surface area contributed by atoms with Gasteiger partial charge in [0, 0.05) is 0 Å². The van der Waals surface area contributed by atoms with Gasteiger partial charge in [0.1, 0.15) is 5.60 Å². The van der Waals surface area contributed by atoms with Gasteiger partial charge in [-0.25, -0.2) is 0 Å². The molecule has 2 unspecified atom stereocenters. The molecule has 2 atom stereocenters. The number of carbonyl (C=O) groups is 1. The van der Waals surface area contributed by atoms with Crippen molar-refractivity contribution in [2.75, 3.05) is 0 Å². The number of hydrogen-bond acceptors (Lipinski definition) is 2. The highest BCUT2D eigenvalue weighted by atomic mass is 16.6. The summed E-state index contributed by atoms with van der Waals surface area (Å²) >= 11 is 0. The summed E-state index contributed by atoms with van der Waals surface area (Å²) in [5.74, 6) is 1.27. The van der Waals surface area contributed by atoms with Gasteiger partial charge in [-0.15, -0.1) is 0 Å². The number of hydrogen-bond donors (Lipinski definition) is 0. The molecule has 0 aromatic heterocycles. The van der Waals surface area contributed by atoms with Crippen LogP contribution in [-0.4, -0.2) is 11.6 Å². The average molecular weight is 339 g/mol. The van der Waals surface area contributed by atoms with Gasteiger partial charge in [-0.2, -0.15) is 0 Å². The third-order valence-electron chi connectivity index (χ3n) is 6.31. The van der Waals surface area contributed by atoms with Crippen LogP contribution in [0.2, 0.25) is 0 Å². The molecular formula is C22H42O2. The van der Waals surface area contributed by atoms with Gasteiger partial charge >= 0.3 is 5.97 Å². The van der Waals surface area contributed by atoms with Crippen molar-refractivity contribution in [2.24, 2.45) is 28.6 Å². The van der Waals surface area contributed by atoms with E-state index in [2.05, 4.69) is 62.3 Å². The molecule has 1 aliphatic rings. The van der Waals surface area contributed by atoms with E-state index in [4.69, 9.17) is 4.74 Å². The minimum Gasteiger partial charge on any atom is -0.459 e. The van der Waals surface area contributed by atoms with E-state index in [9.17, 15) is 4.79 Å². The molecular weight excluding hydrogens is 296 g/mol. The van der Waals surface area contributed by atoms with Crippen molar-refractivity contribution in [3.05, 3.63) is 0 Å². The summed E-state index contributed by atoms with van der Waals surface area (Å²) in [6.45, 7) is 19.7. The molecule has 0 heterocycles. The highest BCUT2D eigenvalue weighted by Gasteiger charge is 2.47. The smallest absolute Gasteiger partial charge is 0.312 e. The van der Waals surface area contributed by atoms with E-state index >= 15 is 0 Å². The Labute approximate surface area is 151 Å². The van der Waals surface area contributed by atoms with Gasteiger partial charge < -0.3 is 4.74 Å². The summed E-state index contributed by atoms with van der Waals surface area (Å²) in [6.07, 6.45) is 7.11. The van der Waals surface area contributed by atoms with Crippen molar-refractivity contribution in [1.82, 2.24) is 0 Å². The zero-order chi connectivity index (χ0) is 18.8. The lowest BCUT2D eigenvalue weighted by atomic mass is 9.65. The Kier molecular flexibility index (Phi) is 6.98. The molecule has 2 heteroatoms. The molecule has 2 nitrogen and oxygen atoms in total. The van der Waals surface area contributed by atoms with E-state index in [0.717, 1.165) is 6.42 Å². The van der Waals surface area contributed by atoms with Gasteiger partial charge in [0.25, 0.3) is 0 Å². The Morgan fingerprint density at radius 3 is 1.88 bits per heavy atom. The van der Waals surface area contributed by atoms with E-state index < -0.39 is 5.41 Å². The fourth-order valence-corrected chi connectivity index (χ4v) is 4.49. The van der Waals surface area contributed by atoms with E-state index in [0.29, 0.717) is 17.8 Å². The second-order valence-electron chi connectivity index (χ2n) is 10.5. The first-order chi connectivity index (χ1) is 10.8. The van der Waals surface area contributed by atoms with E-state index in [1.807, 2.05) is 0 Å². The van der Waals surface area contributed by atoms with Crippen LogP contribution in [0.25, 0.3) is 0 Å². The first kappa shape index (κ1) is 21.5. The van der Waals surface area contributed by atoms with Crippen molar-refractivity contribution >= 4 is 5.97 Å². The number of carbonyl (C=O) groups excluding carboxylic acids is 1. The first-order valence-electron chi connectivity index (χ1n) is 10.0. The fraction of sp³-hybridized carbons (Fsp3) is 0.955. The molecule has 0 radical (unpaired) electrons. The van der Waals surface area contributed by atoms with Crippen molar-refractivity contribution in [1.29, 1.82) is 0 Å². The SMILES string of the molecule is CC(C)C(C)C(C)(CC(C)(C)C)C(=O)OC(C)(C)C1CCCCC1. The molecule has 0 spiro atoms. The topological polar surface area (TPSA) is 26.3 Å². The van der Waals surface area contributed by atoms with Gasteiger partial charge in [0.05, 0.1) is 5.41 Å². The molecule has 0 amide bonds. The normalized spacial score (nSPS) is 21.4. The molecule has 142 valence electrons. The lowest BCUT2D eigenvalue weighted by Crippen LogP contribution is -2.47. The van der Waals surface area contributed by atoms with Gasteiger partial charge in [0.15, 0.2) is 0 Å². The lowest BCUT2D eigenvalue weighted by Gasteiger charge is -2.44. The number of ether oxygens (including phenoxy) is 1. The van der Waals surface area contributed by atoms with Crippen molar-refractivity contribution in [2.45, 2.75) is 106 Å². The molecule has 1 saturated carbocycles. The molecule has 1 rings (SSSR count). The average Bonchev–Trinajstić information content (AvgIpc) is 2.44. The van der Waals surface area contributed by atoms with Crippen molar-refractivity contribution in [3.63, 3.8) is 0 Å². The Morgan fingerprint density at radius 1 is 0.958 bits per heavy atom. The molecule has 0 saturated heterocycles. The van der Waals surface area contributed by atoms with Gasteiger partial charge in [-0.1, -0.05) is 60.8 Å². The minimum absolute atomic E-state index is 0.00852. The summed E-state index contributed by atoms with van der Waals surface area (Å²) in [4.78, 5) is 13.3. The van der Waals surface area contributed by atoms with E-state index in [1.54, 1.807) is 0 Å². The first-order valence-corrected chi connectivity index (χ1v) is 10.0. The molecule has 0 bridgehead atoms. The fourth-order valence-electron chi connectivity index (χ4n) is 4.49. The molecule has 0 aromatic carbocycles. The third kappa shape index (κ3) is 5.49. The Morgan fingerprint density at radius 2 is 1.46 bits per heavy atom. The summed E-state index contributed by atoms with van der Waals surface area (Å²) < 4.78 is 6.22. The van der Waals surface area contributed by atoms with E-state index in [-0.39, 0.29) is 17.0 Å². The Balaban J connectivity index is 2.98. The molecule has 24 heavy (non-hydrogen) atoms. The predicted molar refractivity (Wildman–Crippen MR) is 103 cm³/mol. The summed E-state index contributed by atoms with van der Waals surface area (Å²) in [6, 6.07) is 0. The van der Waals surface area contributed by atoms with Crippen LogP contribution in [0, 0.1) is 28.6 Å². The summed E-state index contributed by atoms with van der Waals surface area (Å²) in [5, 5.41) is 0. The molecule has 0 N–H and O–H groups in total. The highest BCUT2D eigenvalue weighted by molar-refractivity contribution is 5.77. The summed E-state index contributed by atoms with van der Waals surface area (Å²) in [7, 11) is 0. The Bertz CT molecular complexity index is 410. The Hall–Kier alpha value is -0.530. The maximum atomic E-state index is 13.3.